The van der Waals surface area contributed by atoms with E-state index in [0.29, 0.717) is 6.42 Å². The maximum absolute atomic E-state index is 13.8. The average Bonchev–Trinajstić information content (AvgIpc) is 2.81. The van der Waals surface area contributed by atoms with Gasteiger partial charge in [0.15, 0.2) is 11.6 Å². The van der Waals surface area contributed by atoms with Crippen molar-refractivity contribution in [3.8, 4) is 5.75 Å². The molecule has 110 valence electrons. The lowest BCUT2D eigenvalue weighted by Gasteiger charge is -2.23. The minimum Gasteiger partial charge on any atom is -0.485 e. The average molecular weight is 289 g/mol. The van der Waals surface area contributed by atoms with Gasteiger partial charge in [0.2, 0.25) is 0 Å². The maximum atomic E-state index is 13.8. The largest absolute Gasteiger partial charge is 0.485 e. The molecule has 0 fully saturated rings. The van der Waals surface area contributed by atoms with Crippen LogP contribution in [0.1, 0.15) is 24.1 Å². The quantitative estimate of drug-likeness (QED) is 0.928. The summed E-state index contributed by atoms with van der Waals surface area (Å²) in [5.41, 5.74) is 2.39. The number of benzene rings is 2. The van der Waals surface area contributed by atoms with Crippen molar-refractivity contribution in [3.05, 3.63) is 65.2 Å². The van der Waals surface area contributed by atoms with Gasteiger partial charge in [0.25, 0.3) is 0 Å². The molecule has 2 aromatic rings. The zero-order chi connectivity index (χ0) is 14.8. The summed E-state index contributed by atoms with van der Waals surface area (Å²) in [4.78, 5) is 0. The molecule has 0 amide bonds. The molecule has 1 aliphatic carbocycles. The van der Waals surface area contributed by atoms with Crippen LogP contribution in [-0.4, -0.2) is 12.6 Å². The Morgan fingerprint density at radius 3 is 2.76 bits per heavy atom. The smallest absolute Gasteiger partial charge is 0.167 e. The molecule has 0 spiro atoms. The second-order valence-corrected chi connectivity index (χ2v) is 5.17. The zero-order valence-electron chi connectivity index (χ0n) is 11.8. The van der Waals surface area contributed by atoms with Gasteiger partial charge in [-0.1, -0.05) is 31.2 Å². The maximum Gasteiger partial charge on any atom is 0.167 e. The Labute approximate surface area is 122 Å². The van der Waals surface area contributed by atoms with Crippen LogP contribution in [0.2, 0.25) is 0 Å². The van der Waals surface area contributed by atoms with Crippen LogP contribution in [0.3, 0.4) is 0 Å². The highest BCUT2D eigenvalue weighted by molar-refractivity contribution is 5.37. The highest BCUT2D eigenvalue weighted by atomic mass is 19.1. The summed E-state index contributed by atoms with van der Waals surface area (Å²) in [5, 5.41) is 3.38. The van der Waals surface area contributed by atoms with Crippen LogP contribution < -0.4 is 10.1 Å². The van der Waals surface area contributed by atoms with Crippen LogP contribution in [-0.2, 0) is 6.42 Å². The Balaban J connectivity index is 1.85. The lowest BCUT2D eigenvalue weighted by atomic mass is 10.1. The van der Waals surface area contributed by atoms with Crippen molar-refractivity contribution in [1.82, 2.24) is 5.32 Å². The Morgan fingerprint density at radius 2 is 2.00 bits per heavy atom. The molecule has 3 rings (SSSR count). The number of rotatable bonds is 4. The molecule has 1 aliphatic rings. The third-order valence-electron chi connectivity index (χ3n) is 3.78. The first-order valence-electron chi connectivity index (χ1n) is 7.12. The number of fused-ring (bicyclic) bond motifs is 1. The van der Waals surface area contributed by atoms with E-state index >= 15 is 0 Å². The van der Waals surface area contributed by atoms with Gasteiger partial charge in [-0.25, -0.2) is 8.78 Å². The van der Waals surface area contributed by atoms with E-state index in [-0.39, 0.29) is 17.9 Å². The molecule has 2 nitrogen and oxygen atoms in total. The Hall–Kier alpha value is -1.94. The summed E-state index contributed by atoms with van der Waals surface area (Å²) < 4.78 is 32.5. The predicted molar refractivity (Wildman–Crippen MR) is 77.3 cm³/mol. The lowest BCUT2D eigenvalue weighted by molar-refractivity contribution is 0.160. The normalized spacial score (nSPS) is 20.3. The second kappa shape index (κ2) is 5.82. The van der Waals surface area contributed by atoms with Crippen molar-refractivity contribution in [1.29, 1.82) is 0 Å². The van der Waals surface area contributed by atoms with Crippen LogP contribution in [0, 0.1) is 11.6 Å². The third kappa shape index (κ3) is 2.76. The first-order chi connectivity index (χ1) is 10.2. The van der Waals surface area contributed by atoms with Crippen LogP contribution in [0.25, 0.3) is 0 Å². The molecule has 0 aliphatic heterocycles. The van der Waals surface area contributed by atoms with Gasteiger partial charge in [-0.05, 0) is 29.8 Å². The molecule has 0 saturated heterocycles. The van der Waals surface area contributed by atoms with Crippen molar-refractivity contribution < 1.29 is 13.5 Å². The molecule has 0 saturated carbocycles. The number of nitrogens with one attached hydrogen (secondary N) is 1. The molecule has 0 heterocycles. The van der Waals surface area contributed by atoms with Gasteiger partial charge < -0.3 is 10.1 Å². The predicted octanol–water partition coefficient (Wildman–Crippen LogP) is 3.62. The molecule has 2 aromatic carbocycles. The van der Waals surface area contributed by atoms with E-state index in [1.54, 1.807) is 0 Å². The first kappa shape index (κ1) is 14.0. The van der Waals surface area contributed by atoms with E-state index in [1.165, 1.54) is 23.3 Å². The van der Waals surface area contributed by atoms with Crippen LogP contribution in [0.4, 0.5) is 8.78 Å². The van der Waals surface area contributed by atoms with E-state index in [1.807, 2.05) is 19.1 Å². The van der Waals surface area contributed by atoms with Crippen molar-refractivity contribution in [2.75, 3.05) is 6.54 Å². The molecule has 2 unspecified atom stereocenters. The Bertz CT molecular complexity index is 644. The van der Waals surface area contributed by atoms with Gasteiger partial charge in [-0.15, -0.1) is 0 Å². The number of hydrogen-bond acceptors (Lipinski definition) is 2. The summed E-state index contributed by atoms with van der Waals surface area (Å²) in [5.74, 6) is -1.17. The fourth-order valence-electron chi connectivity index (χ4n) is 2.86. The van der Waals surface area contributed by atoms with Gasteiger partial charge in [-0.3, -0.25) is 0 Å². The molecule has 0 radical (unpaired) electrons. The van der Waals surface area contributed by atoms with Gasteiger partial charge in [-0.2, -0.15) is 0 Å². The first-order valence-corrected chi connectivity index (χ1v) is 7.12. The Morgan fingerprint density at radius 1 is 1.19 bits per heavy atom. The topological polar surface area (TPSA) is 21.3 Å². The van der Waals surface area contributed by atoms with Crippen molar-refractivity contribution >= 4 is 0 Å². The Kier molecular flexibility index (Phi) is 3.88. The monoisotopic (exact) mass is 289 g/mol. The van der Waals surface area contributed by atoms with E-state index < -0.39 is 11.6 Å². The summed E-state index contributed by atoms with van der Waals surface area (Å²) in [7, 11) is 0. The molecule has 0 aromatic heterocycles. The number of ether oxygens (including phenoxy) is 1. The molecule has 1 N–H and O–H groups in total. The summed E-state index contributed by atoms with van der Waals surface area (Å²) in [6.07, 6.45) is 0.521. The summed E-state index contributed by atoms with van der Waals surface area (Å²) >= 11 is 0. The number of hydrogen-bond donors (Lipinski definition) is 1. The fraction of sp³-hybridized carbons (Fsp3) is 0.294. The zero-order valence-corrected chi connectivity index (χ0v) is 11.8. The third-order valence-corrected chi connectivity index (χ3v) is 3.78. The molecule has 4 heteroatoms. The second-order valence-electron chi connectivity index (χ2n) is 5.17. The van der Waals surface area contributed by atoms with Crippen molar-refractivity contribution in [3.63, 3.8) is 0 Å². The molecular weight excluding hydrogens is 272 g/mol. The van der Waals surface area contributed by atoms with Crippen molar-refractivity contribution in [2.45, 2.75) is 25.5 Å². The molecule has 0 bridgehead atoms. The summed E-state index contributed by atoms with van der Waals surface area (Å²) in [6, 6.07) is 11.5. The molecule has 21 heavy (non-hydrogen) atoms. The van der Waals surface area contributed by atoms with Gasteiger partial charge in [0.05, 0.1) is 6.04 Å². The lowest BCUT2D eigenvalue weighted by Crippen LogP contribution is -2.33. The standard InChI is InChI=1S/C17H17F2NO/c1-2-20-17-13-6-4-3-5-11(13)9-16(17)21-15-8-7-12(18)10-14(15)19/h3-8,10,16-17,20H,2,9H2,1H3. The van der Waals surface area contributed by atoms with Crippen molar-refractivity contribution in [2.24, 2.45) is 0 Å². The van der Waals surface area contributed by atoms with E-state index in [9.17, 15) is 8.78 Å². The number of likely N-dealkylation sites (N-methyl/N-ethyl adjacent to an activating group) is 1. The number of halogens is 2. The highest BCUT2D eigenvalue weighted by Crippen LogP contribution is 2.34. The highest BCUT2D eigenvalue weighted by Gasteiger charge is 2.33. The van der Waals surface area contributed by atoms with E-state index in [0.717, 1.165) is 12.6 Å². The minimum absolute atomic E-state index is 0.0238. The molecular formula is C17H17F2NO. The minimum atomic E-state index is -0.666. The fourth-order valence-corrected chi connectivity index (χ4v) is 2.86. The SMILES string of the molecule is CCNC1c2ccccc2CC1Oc1ccc(F)cc1F. The van der Waals surface area contributed by atoms with Gasteiger partial charge in [0, 0.05) is 12.5 Å². The summed E-state index contributed by atoms with van der Waals surface area (Å²) in [6.45, 7) is 2.82. The van der Waals surface area contributed by atoms with Crippen LogP contribution >= 0.6 is 0 Å². The van der Waals surface area contributed by atoms with E-state index in [2.05, 4.69) is 17.4 Å². The van der Waals surface area contributed by atoms with Crippen LogP contribution in [0.15, 0.2) is 42.5 Å². The van der Waals surface area contributed by atoms with E-state index in [4.69, 9.17) is 4.74 Å². The van der Waals surface area contributed by atoms with Gasteiger partial charge >= 0.3 is 0 Å². The molecule has 2 atom stereocenters. The van der Waals surface area contributed by atoms with Crippen LogP contribution in [0.5, 0.6) is 5.75 Å². The van der Waals surface area contributed by atoms with Gasteiger partial charge in [0.1, 0.15) is 11.9 Å².